The molecule has 1 aliphatic heterocycles. The number of likely N-dealkylation sites (tertiary alicyclic amines) is 1. The monoisotopic (exact) mass is 348 g/mol. The van der Waals surface area contributed by atoms with Crippen molar-refractivity contribution in [2.75, 3.05) is 13.1 Å². The van der Waals surface area contributed by atoms with E-state index in [2.05, 4.69) is 27.5 Å². The van der Waals surface area contributed by atoms with E-state index < -0.39 is 5.60 Å². The van der Waals surface area contributed by atoms with Crippen LogP contribution in [-0.4, -0.2) is 44.4 Å². The van der Waals surface area contributed by atoms with Crippen LogP contribution in [0.15, 0.2) is 60.8 Å². The van der Waals surface area contributed by atoms with E-state index in [-0.39, 0.29) is 12.5 Å². The molecule has 6 nitrogen and oxygen atoms in total. The zero-order chi connectivity index (χ0) is 18.0. The second kappa shape index (κ2) is 6.72. The van der Waals surface area contributed by atoms with E-state index in [1.54, 1.807) is 4.90 Å². The SMILES string of the molecule is O=C(Cc1ccc(-c2ccccc2)cc1)N1CCC(O)(c2cn[nH]n2)C1. The van der Waals surface area contributed by atoms with Crippen LogP contribution in [0.25, 0.3) is 11.1 Å². The first-order chi connectivity index (χ1) is 12.6. The Kier molecular flexibility index (Phi) is 4.26. The van der Waals surface area contributed by atoms with Crippen LogP contribution < -0.4 is 0 Å². The third-order valence-corrected chi connectivity index (χ3v) is 4.91. The Labute approximate surface area is 151 Å². The van der Waals surface area contributed by atoms with Crippen LogP contribution >= 0.6 is 0 Å². The second-order valence-corrected chi connectivity index (χ2v) is 6.69. The number of H-pyrrole nitrogens is 1. The summed E-state index contributed by atoms with van der Waals surface area (Å²) in [6.07, 6.45) is 2.30. The number of benzene rings is 2. The van der Waals surface area contributed by atoms with Crippen molar-refractivity contribution < 1.29 is 9.90 Å². The van der Waals surface area contributed by atoms with Gasteiger partial charge in [-0.15, -0.1) is 0 Å². The lowest BCUT2D eigenvalue weighted by Gasteiger charge is -2.21. The Bertz CT molecular complexity index is 878. The van der Waals surface area contributed by atoms with Gasteiger partial charge in [-0.05, 0) is 16.7 Å². The van der Waals surface area contributed by atoms with Gasteiger partial charge < -0.3 is 10.0 Å². The first kappa shape index (κ1) is 16.5. The van der Waals surface area contributed by atoms with Crippen molar-refractivity contribution in [1.82, 2.24) is 20.3 Å². The molecule has 1 unspecified atom stereocenters. The minimum atomic E-state index is -1.11. The Morgan fingerprint density at radius 3 is 2.54 bits per heavy atom. The summed E-state index contributed by atoms with van der Waals surface area (Å²) in [6, 6.07) is 18.2. The highest BCUT2D eigenvalue weighted by molar-refractivity contribution is 5.79. The lowest BCUT2D eigenvalue weighted by Crippen LogP contribution is -2.35. The van der Waals surface area contributed by atoms with Crippen LogP contribution in [-0.2, 0) is 16.8 Å². The molecule has 0 saturated carbocycles. The van der Waals surface area contributed by atoms with Crippen molar-refractivity contribution in [2.45, 2.75) is 18.4 Å². The smallest absolute Gasteiger partial charge is 0.227 e. The van der Waals surface area contributed by atoms with Crippen LogP contribution in [0.5, 0.6) is 0 Å². The predicted octanol–water partition coefficient (Wildman–Crippen LogP) is 2.13. The zero-order valence-corrected chi connectivity index (χ0v) is 14.3. The molecule has 1 fully saturated rings. The third kappa shape index (κ3) is 3.23. The fourth-order valence-corrected chi connectivity index (χ4v) is 3.37. The molecule has 26 heavy (non-hydrogen) atoms. The van der Waals surface area contributed by atoms with Crippen LogP contribution in [0, 0.1) is 0 Å². The largest absolute Gasteiger partial charge is 0.381 e. The molecule has 132 valence electrons. The standard InChI is InChI=1S/C20H20N4O2/c25-19(24-11-10-20(26,14-24)18-13-21-23-22-18)12-15-6-8-17(9-7-15)16-4-2-1-3-5-16/h1-9,13,26H,10-12,14H2,(H,21,22,23). The van der Waals surface area contributed by atoms with Gasteiger partial charge in [-0.1, -0.05) is 54.6 Å². The maximum absolute atomic E-state index is 12.6. The average molecular weight is 348 g/mol. The number of aromatic nitrogens is 3. The molecule has 1 atom stereocenters. The minimum Gasteiger partial charge on any atom is -0.381 e. The molecule has 6 heteroatoms. The van der Waals surface area contributed by atoms with E-state index in [0.717, 1.165) is 16.7 Å². The number of carbonyl (C=O) groups excluding carboxylic acids is 1. The minimum absolute atomic E-state index is 0.0110. The van der Waals surface area contributed by atoms with Crippen LogP contribution in [0.1, 0.15) is 17.7 Å². The number of nitrogens with zero attached hydrogens (tertiary/aromatic N) is 3. The summed E-state index contributed by atoms with van der Waals surface area (Å²) in [5.41, 5.74) is 2.62. The highest BCUT2D eigenvalue weighted by Crippen LogP contribution is 2.30. The number of hydrogen-bond donors (Lipinski definition) is 2. The fraction of sp³-hybridized carbons (Fsp3) is 0.250. The highest BCUT2D eigenvalue weighted by Gasteiger charge is 2.41. The fourth-order valence-electron chi connectivity index (χ4n) is 3.37. The maximum Gasteiger partial charge on any atom is 0.227 e. The Hall–Kier alpha value is -2.99. The Morgan fingerprint density at radius 2 is 1.85 bits per heavy atom. The summed E-state index contributed by atoms with van der Waals surface area (Å²) >= 11 is 0. The third-order valence-electron chi connectivity index (χ3n) is 4.91. The second-order valence-electron chi connectivity index (χ2n) is 6.69. The van der Waals surface area contributed by atoms with Crippen molar-refractivity contribution in [3.8, 4) is 11.1 Å². The summed E-state index contributed by atoms with van der Waals surface area (Å²) in [6.45, 7) is 0.769. The van der Waals surface area contributed by atoms with E-state index in [9.17, 15) is 9.90 Å². The molecule has 2 N–H and O–H groups in total. The van der Waals surface area contributed by atoms with E-state index in [0.29, 0.717) is 25.1 Å². The van der Waals surface area contributed by atoms with Crippen LogP contribution in [0.3, 0.4) is 0 Å². The molecule has 0 aliphatic carbocycles. The van der Waals surface area contributed by atoms with Crippen molar-refractivity contribution in [3.63, 3.8) is 0 Å². The molecule has 1 saturated heterocycles. The molecule has 0 spiro atoms. The predicted molar refractivity (Wildman–Crippen MR) is 97.1 cm³/mol. The highest BCUT2D eigenvalue weighted by atomic mass is 16.3. The van der Waals surface area contributed by atoms with E-state index in [4.69, 9.17) is 0 Å². The first-order valence-electron chi connectivity index (χ1n) is 8.65. The quantitative estimate of drug-likeness (QED) is 0.757. The summed E-state index contributed by atoms with van der Waals surface area (Å²) < 4.78 is 0. The van der Waals surface area contributed by atoms with Crippen molar-refractivity contribution in [2.24, 2.45) is 0 Å². The lowest BCUT2D eigenvalue weighted by molar-refractivity contribution is -0.130. The van der Waals surface area contributed by atoms with Gasteiger partial charge in [0.15, 0.2) is 0 Å². The summed E-state index contributed by atoms with van der Waals surface area (Å²) in [5, 5.41) is 20.9. The van der Waals surface area contributed by atoms with E-state index >= 15 is 0 Å². The van der Waals surface area contributed by atoms with Gasteiger partial charge in [0.1, 0.15) is 11.3 Å². The zero-order valence-electron chi connectivity index (χ0n) is 14.3. The lowest BCUT2D eigenvalue weighted by atomic mass is 10.00. The average Bonchev–Trinajstić information content (AvgIpc) is 3.34. The maximum atomic E-state index is 12.6. The Balaban J connectivity index is 1.41. The normalized spacial score (nSPS) is 19.7. The van der Waals surface area contributed by atoms with Crippen LogP contribution in [0.4, 0.5) is 0 Å². The molecule has 0 bridgehead atoms. The van der Waals surface area contributed by atoms with Crippen molar-refractivity contribution >= 4 is 5.91 Å². The van der Waals surface area contributed by atoms with Gasteiger partial charge in [-0.25, -0.2) is 0 Å². The molecule has 2 aromatic carbocycles. The van der Waals surface area contributed by atoms with Gasteiger partial charge in [0.2, 0.25) is 5.91 Å². The van der Waals surface area contributed by atoms with Gasteiger partial charge in [0, 0.05) is 13.0 Å². The van der Waals surface area contributed by atoms with Gasteiger partial charge >= 0.3 is 0 Å². The van der Waals surface area contributed by atoms with E-state index in [1.165, 1.54) is 6.20 Å². The van der Waals surface area contributed by atoms with Crippen LogP contribution in [0.2, 0.25) is 0 Å². The molecular formula is C20H20N4O2. The van der Waals surface area contributed by atoms with Gasteiger partial charge in [0.25, 0.3) is 0 Å². The first-order valence-corrected chi connectivity index (χ1v) is 8.65. The number of carbonyl (C=O) groups is 1. The van der Waals surface area contributed by atoms with Crippen molar-refractivity contribution in [1.29, 1.82) is 0 Å². The molecule has 0 radical (unpaired) electrons. The number of nitrogens with one attached hydrogen (secondary N) is 1. The molecule has 3 aromatic rings. The topological polar surface area (TPSA) is 82.1 Å². The molecule has 1 aromatic heterocycles. The summed E-state index contributed by atoms with van der Waals surface area (Å²) in [5.74, 6) is 0.0110. The molecule has 1 amide bonds. The molecule has 2 heterocycles. The number of rotatable bonds is 4. The van der Waals surface area contributed by atoms with E-state index in [1.807, 2.05) is 42.5 Å². The van der Waals surface area contributed by atoms with Gasteiger partial charge in [-0.3, -0.25) is 4.79 Å². The summed E-state index contributed by atoms with van der Waals surface area (Å²) in [7, 11) is 0. The van der Waals surface area contributed by atoms with Gasteiger partial charge in [-0.2, -0.15) is 15.4 Å². The molecular weight excluding hydrogens is 328 g/mol. The molecule has 1 aliphatic rings. The van der Waals surface area contributed by atoms with Gasteiger partial charge in [0.05, 0.1) is 19.2 Å². The number of aliphatic hydroxyl groups is 1. The number of hydrogen-bond acceptors (Lipinski definition) is 4. The number of aromatic amines is 1. The molecule has 4 rings (SSSR count). The summed E-state index contributed by atoms with van der Waals surface area (Å²) in [4.78, 5) is 14.3. The number of amides is 1. The number of β-amino-alcohol motifs (C(OH)–C–C–N with tert-alkyl or cyclic N) is 1. The van der Waals surface area contributed by atoms with Crippen molar-refractivity contribution in [3.05, 3.63) is 72.1 Å². The Morgan fingerprint density at radius 1 is 1.12 bits per heavy atom.